The molecule has 3 nitrogen and oxygen atoms in total. The molecule has 4 N–H and O–H groups in total. The molecule has 1 rings (SSSR count). The Morgan fingerprint density at radius 1 is 1.36 bits per heavy atom. The first-order valence-electron chi connectivity index (χ1n) is 4.08. The molecule has 0 radical (unpaired) electrons. The van der Waals surface area contributed by atoms with Crippen molar-refractivity contribution < 1.29 is 13.5 Å². The minimum Gasteiger partial charge on any atom is -0.496 e. The largest absolute Gasteiger partial charge is 0.496 e. The molecule has 0 fully saturated rings. The van der Waals surface area contributed by atoms with Crippen molar-refractivity contribution in [2.45, 2.75) is 6.04 Å². The van der Waals surface area contributed by atoms with Crippen molar-refractivity contribution in [2.75, 3.05) is 13.7 Å². The number of benzene rings is 1. The Balaban J connectivity index is 3.19. The molecule has 1 aromatic carbocycles. The highest BCUT2D eigenvalue weighted by Gasteiger charge is 2.14. The molecule has 0 heterocycles. The normalized spacial score (nSPS) is 12.6. The van der Waals surface area contributed by atoms with Crippen LogP contribution in [-0.2, 0) is 0 Å². The monoisotopic (exact) mass is 202 g/mol. The van der Waals surface area contributed by atoms with Crippen molar-refractivity contribution >= 4 is 0 Å². The maximum atomic E-state index is 12.9. The maximum Gasteiger partial charge on any atom is 0.162 e. The summed E-state index contributed by atoms with van der Waals surface area (Å²) < 4.78 is 30.5. The van der Waals surface area contributed by atoms with Crippen LogP contribution in [0.3, 0.4) is 0 Å². The van der Waals surface area contributed by atoms with E-state index in [2.05, 4.69) is 0 Å². The number of hydrogen-bond acceptors (Lipinski definition) is 3. The van der Waals surface area contributed by atoms with Crippen LogP contribution in [0.25, 0.3) is 0 Å². The second-order valence-electron chi connectivity index (χ2n) is 2.85. The van der Waals surface area contributed by atoms with E-state index in [1.54, 1.807) is 0 Å². The van der Waals surface area contributed by atoms with Crippen LogP contribution in [-0.4, -0.2) is 13.7 Å². The fraction of sp³-hybridized carbons (Fsp3) is 0.333. The molecule has 78 valence electrons. The van der Waals surface area contributed by atoms with E-state index in [-0.39, 0.29) is 12.3 Å². The molecule has 0 aliphatic rings. The van der Waals surface area contributed by atoms with E-state index in [9.17, 15) is 8.78 Å². The van der Waals surface area contributed by atoms with E-state index in [0.29, 0.717) is 5.56 Å². The summed E-state index contributed by atoms with van der Waals surface area (Å²) in [7, 11) is 1.36. The summed E-state index contributed by atoms with van der Waals surface area (Å²) in [5.74, 6) is -1.71. The summed E-state index contributed by atoms with van der Waals surface area (Å²) in [4.78, 5) is 0. The van der Waals surface area contributed by atoms with E-state index in [0.717, 1.165) is 12.1 Å². The van der Waals surface area contributed by atoms with Gasteiger partial charge in [0.1, 0.15) is 5.75 Å². The summed E-state index contributed by atoms with van der Waals surface area (Å²) >= 11 is 0. The minimum atomic E-state index is -0.963. The van der Waals surface area contributed by atoms with Gasteiger partial charge in [-0.2, -0.15) is 0 Å². The lowest BCUT2D eigenvalue weighted by atomic mass is 10.1. The van der Waals surface area contributed by atoms with Crippen molar-refractivity contribution in [2.24, 2.45) is 11.5 Å². The van der Waals surface area contributed by atoms with Gasteiger partial charge in [0.2, 0.25) is 0 Å². The van der Waals surface area contributed by atoms with Gasteiger partial charge >= 0.3 is 0 Å². The van der Waals surface area contributed by atoms with Crippen LogP contribution in [0, 0.1) is 11.6 Å². The van der Waals surface area contributed by atoms with Crippen LogP contribution in [0.1, 0.15) is 11.6 Å². The van der Waals surface area contributed by atoms with E-state index in [4.69, 9.17) is 16.2 Å². The van der Waals surface area contributed by atoms with Crippen molar-refractivity contribution in [3.05, 3.63) is 29.3 Å². The number of halogens is 2. The van der Waals surface area contributed by atoms with Gasteiger partial charge in [0.15, 0.2) is 11.6 Å². The van der Waals surface area contributed by atoms with Gasteiger partial charge in [-0.15, -0.1) is 0 Å². The van der Waals surface area contributed by atoms with Gasteiger partial charge in [-0.25, -0.2) is 8.78 Å². The topological polar surface area (TPSA) is 61.3 Å². The highest BCUT2D eigenvalue weighted by Crippen LogP contribution is 2.26. The first-order valence-corrected chi connectivity index (χ1v) is 4.08. The minimum absolute atomic E-state index is 0.140. The fourth-order valence-corrected chi connectivity index (χ4v) is 1.14. The Kier molecular flexibility index (Phi) is 3.38. The maximum absolute atomic E-state index is 12.9. The van der Waals surface area contributed by atoms with Gasteiger partial charge in [0.05, 0.1) is 7.11 Å². The van der Waals surface area contributed by atoms with E-state index in [1.165, 1.54) is 7.11 Å². The van der Waals surface area contributed by atoms with Gasteiger partial charge in [0, 0.05) is 24.2 Å². The molecule has 1 aromatic rings. The summed E-state index contributed by atoms with van der Waals surface area (Å²) in [6, 6.07) is 1.41. The number of hydrogen-bond donors (Lipinski definition) is 2. The molecular weight excluding hydrogens is 190 g/mol. The third kappa shape index (κ3) is 2.00. The van der Waals surface area contributed by atoms with E-state index >= 15 is 0 Å². The van der Waals surface area contributed by atoms with Gasteiger partial charge in [-0.05, 0) is 6.07 Å². The lowest BCUT2D eigenvalue weighted by molar-refractivity contribution is 0.396. The zero-order valence-corrected chi connectivity index (χ0v) is 7.76. The van der Waals surface area contributed by atoms with Crippen LogP contribution in [0.5, 0.6) is 5.75 Å². The average molecular weight is 202 g/mol. The molecule has 0 aliphatic carbocycles. The standard InChI is InChI=1S/C9H12F2N2O/c1-14-9-3-7(11)6(10)2-5(9)8(13)4-12/h2-3,8H,4,12-13H2,1H3/t8-/m0/s1. The Bertz CT molecular complexity index is 331. The van der Waals surface area contributed by atoms with Crippen molar-refractivity contribution in [3.63, 3.8) is 0 Å². The summed E-state index contributed by atoms with van der Waals surface area (Å²) in [6.07, 6.45) is 0. The summed E-state index contributed by atoms with van der Waals surface area (Å²) in [5, 5.41) is 0. The number of nitrogens with two attached hydrogens (primary N) is 2. The predicted molar refractivity (Wildman–Crippen MR) is 48.9 cm³/mol. The first-order chi connectivity index (χ1) is 6.60. The molecule has 5 heteroatoms. The molecule has 14 heavy (non-hydrogen) atoms. The molecule has 1 atom stereocenters. The molecule has 0 aromatic heterocycles. The zero-order chi connectivity index (χ0) is 10.7. The smallest absolute Gasteiger partial charge is 0.162 e. The second-order valence-corrected chi connectivity index (χ2v) is 2.85. The molecule has 0 spiro atoms. The third-order valence-corrected chi connectivity index (χ3v) is 1.93. The highest BCUT2D eigenvalue weighted by atomic mass is 19.2. The van der Waals surface area contributed by atoms with Crippen LogP contribution in [0.2, 0.25) is 0 Å². The van der Waals surface area contributed by atoms with Crippen molar-refractivity contribution in [1.29, 1.82) is 0 Å². The van der Waals surface area contributed by atoms with Crippen molar-refractivity contribution in [1.82, 2.24) is 0 Å². The molecule has 0 aliphatic heterocycles. The molecular formula is C9H12F2N2O. The second kappa shape index (κ2) is 4.34. The summed E-state index contributed by atoms with van der Waals surface area (Å²) in [6.45, 7) is 0.140. The quantitative estimate of drug-likeness (QED) is 0.766. The van der Waals surface area contributed by atoms with Gasteiger partial charge in [-0.1, -0.05) is 0 Å². The molecule has 0 unspecified atom stereocenters. The van der Waals surface area contributed by atoms with E-state index in [1.807, 2.05) is 0 Å². The molecule has 0 saturated heterocycles. The Morgan fingerprint density at radius 2 is 1.93 bits per heavy atom. The van der Waals surface area contributed by atoms with Crippen molar-refractivity contribution in [3.8, 4) is 5.75 Å². The fourth-order valence-electron chi connectivity index (χ4n) is 1.14. The van der Waals surface area contributed by atoms with Gasteiger partial charge in [0.25, 0.3) is 0 Å². The Hall–Kier alpha value is -1.20. The molecule has 0 amide bonds. The highest BCUT2D eigenvalue weighted by molar-refractivity contribution is 5.37. The van der Waals surface area contributed by atoms with Gasteiger partial charge < -0.3 is 16.2 Å². The zero-order valence-electron chi connectivity index (χ0n) is 7.76. The number of methoxy groups -OCH3 is 1. The lowest BCUT2D eigenvalue weighted by Gasteiger charge is -2.14. The Labute approximate surface area is 80.7 Å². The molecule has 0 saturated carbocycles. The first kappa shape index (κ1) is 10.9. The van der Waals surface area contributed by atoms with Crippen LogP contribution < -0.4 is 16.2 Å². The van der Waals surface area contributed by atoms with Gasteiger partial charge in [-0.3, -0.25) is 0 Å². The Morgan fingerprint density at radius 3 is 2.43 bits per heavy atom. The van der Waals surface area contributed by atoms with Crippen LogP contribution in [0.4, 0.5) is 8.78 Å². The lowest BCUT2D eigenvalue weighted by Crippen LogP contribution is -2.21. The number of rotatable bonds is 3. The SMILES string of the molecule is COc1cc(F)c(F)cc1[C@@H](N)CN. The summed E-state index contributed by atoms with van der Waals surface area (Å²) in [5.41, 5.74) is 11.3. The third-order valence-electron chi connectivity index (χ3n) is 1.93. The van der Waals surface area contributed by atoms with E-state index < -0.39 is 17.7 Å². The van der Waals surface area contributed by atoms with Crippen LogP contribution in [0.15, 0.2) is 12.1 Å². The molecule has 0 bridgehead atoms. The average Bonchev–Trinajstić information content (AvgIpc) is 2.20. The predicted octanol–water partition coefficient (Wildman–Crippen LogP) is 0.932. The van der Waals surface area contributed by atoms with Crippen LogP contribution >= 0.6 is 0 Å². The number of ether oxygens (including phenoxy) is 1.